The first kappa shape index (κ1) is 17.5. The van der Waals surface area contributed by atoms with Gasteiger partial charge in [-0.25, -0.2) is 17.5 Å². The van der Waals surface area contributed by atoms with Crippen molar-refractivity contribution >= 4 is 21.6 Å². The summed E-state index contributed by atoms with van der Waals surface area (Å²) >= 11 is 5.97. The Morgan fingerprint density at radius 2 is 1.74 bits per heavy atom. The molecule has 0 spiro atoms. The van der Waals surface area contributed by atoms with Gasteiger partial charge in [0.15, 0.2) is 11.5 Å². The molecule has 8 heteroatoms. The average molecular weight is 360 g/mol. The Labute approximate surface area is 139 Å². The highest BCUT2D eigenvalue weighted by Gasteiger charge is 2.22. The zero-order chi connectivity index (χ0) is 17.0. The number of hydrogen-bond acceptors (Lipinski definition) is 4. The van der Waals surface area contributed by atoms with Crippen LogP contribution in [0.2, 0.25) is 5.02 Å². The quantitative estimate of drug-likeness (QED) is 0.861. The molecule has 0 fully saturated rings. The van der Waals surface area contributed by atoms with Gasteiger partial charge >= 0.3 is 0 Å². The normalized spacial score (nSPS) is 11.3. The SMILES string of the molecule is COc1cc(F)c(S(=O)(=O)NCc2ccccc2Cl)cc1OC. The van der Waals surface area contributed by atoms with Gasteiger partial charge < -0.3 is 9.47 Å². The van der Waals surface area contributed by atoms with E-state index in [1.165, 1.54) is 14.2 Å². The topological polar surface area (TPSA) is 64.6 Å². The lowest BCUT2D eigenvalue weighted by molar-refractivity contribution is 0.350. The molecule has 0 aromatic heterocycles. The van der Waals surface area contributed by atoms with Crippen LogP contribution in [0, 0.1) is 5.82 Å². The summed E-state index contributed by atoms with van der Waals surface area (Å²) in [6.07, 6.45) is 0. The number of ether oxygens (including phenoxy) is 2. The zero-order valence-corrected chi connectivity index (χ0v) is 14.0. The third-order valence-electron chi connectivity index (χ3n) is 3.14. The molecular weight excluding hydrogens is 345 g/mol. The molecule has 0 heterocycles. The lowest BCUT2D eigenvalue weighted by Crippen LogP contribution is -2.24. The Kier molecular flexibility index (Phi) is 5.46. The van der Waals surface area contributed by atoms with E-state index in [2.05, 4.69) is 4.72 Å². The fourth-order valence-electron chi connectivity index (χ4n) is 1.93. The number of hydrogen-bond donors (Lipinski definition) is 1. The summed E-state index contributed by atoms with van der Waals surface area (Å²) in [5.41, 5.74) is 0.582. The van der Waals surface area contributed by atoms with Gasteiger partial charge in [0.25, 0.3) is 0 Å². The van der Waals surface area contributed by atoms with Crippen LogP contribution in [0.15, 0.2) is 41.3 Å². The lowest BCUT2D eigenvalue weighted by atomic mass is 10.2. The van der Waals surface area contributed by atoms with Crippen LogP contribution in [0.1, 0.15) is 5.56 Å². The second kappa shape index (κ2) is 7.16. The van der Waals surface area contributed by atoms with E-state index >= 15 is 0 Å². The first-order chi connectivity index (χ1) is 10.9. The van der Waals surface area contributed by atoms with E-state index in [1.807, 2.05) is 0 Å². The molecule has 0 aliphatic carbocycles. The van der Waals surface area contributed by atoms with E-state index in [1.54, 1.807) is 24.3 Å². The standard InChI is InChI=1S/C15H15ClFNO4S/c1-21-13-7-12(17)15(8-14(13)22-2)23(19,20)18-9-10-5-3-4-6-11(10)16/h3-8,18H,9H2,1-2H3. The van der Waals surface area contributed by atoms with Crippen LogP contribution >= 0.6 is 11.6 Å². The molecule has 0 aliphatic rings. The highest BCUT2D eigenvalue weighted by molar-refractivity contribution is 7.89. The fourth-order valence-corrected chi connectivity index (χ4v) is 3.22. The van der Waals surface area contributed by atoms with E-state index in [-0.39, 0.29) is 18.0 Å². The van der Waals surface area contributed by atoms with Crippen LogP contribution in [-0.2, 0) is 16.6 Å². The number of halogens is 2. The van der Waals surface area contributed by atoms with Gasteiger partial charge in [0.05, 0.1) is 14.2 Å². The van der Waals surface area contributed by atoms with Crippen molar-refractivity contribution in [3.8, 4) is 11.5 Å². The minimum absolute atomic E-state index is 0.0597. The summed E-state index contributed by atoms with van der Waals surface area (Å²) in [6.45, 7) is -0.0597. The Morgan fingerprint density at radius 1 is 1.13 bits per heavy atom. The maximum Gasteiger partial charge on any atom is 0.243 e. The Balaban J connectivity index is 2.31. The number of benzene rings is 2. The summed E-state index contributed by atoms with van der Waals surface area (Å²) in [5, 5.41) is 0.419. The van der Waals surface area contributed by atoms with Crippen molar-refractivity contribution in [3.63, 3.8) is 0 Å². The maximum absolute atomic E-state index is 14.1. The van der Waals surface area contributed by atoms with Crippen molar-refractivity contribution in [3.05, 3.63) is 52.8 Å². The summed E-state index contributed by atoms with van der Waals surface area (Å²) in [6, 6.07) is 8.81. The molecule has 1 N–H and O–H groups in total. The third-order valence-corrected chi connectivity index (χ3v) is 4.92. The molecule has 2 aromatic rings. The monoisotopic (exact) mass is 359 g/mol. The molecule has 0 amide bonds. The fraction of sp³-hybridized carbons (Fsp3) is 0.200. The van der Waals surface area contributed by atoms with Gasteiger partial charge in [0.1, 0.15) is 10.7 Å². The molecule has 2 aromatic carbocycles. The van der Waals surface area contributed by atoms with Crippen molar-refractivity contribution in [2.75, 3.05) is 14.2 Å². The van der Waals surface area contributed by atoms with Crippen molar-refractivity contribution in [2.45, 2.75) is 11.4 Å². The molecule has 5 nitrogen and oxygen atoms in total. The van der Waals surface area contributed by atoms with Crippen molar-refractivity contribution in [1.29, 1.82) is 0 Å². The number of sulfonamides is 1. The van der Waals surface area contributed by atoms with Crippen LogP contribution in [0.25, 0.3) is 0 Å². The molecular formula is C15H15ClFNO4S. The smallest absolute Gasteiger partial charge is 0.243 e. The lowest BCUT2D eigenvalue weighted by Gasteiger charge is -2.12. The molecule has 23 heavy (non-hydrogen) atoms. The highest BCUT2D eigenvalue weighted by atomic mass is 35.5. The van der Waals surface area contributed by atoms with Crippen LogP contribution in [0.3, 0.4) is 0 Å². The van der Waals surface area contributed by atoms with Crippen molar-refractivity contribution in [2.24, 2.45) is 0 Å². The summed E-state index contributed by atoms with van der Waals surface area (Å²) in [5.74, 6) is -0.712. The molecule has 0 saturated heterocycles. The van der Waals surface area contributed by atoms with Crippen LogP contribution < -0.4 is 14.2 Å². The largest absolute Gasteiger partial charge is 0.493 e. The summed E-state index contributed by atoms with van der Waals surface area (Å²) in [7, 11) is -1.41. The number of nitrogens with one attached hydrogen (secondary N) is 1. The van der Waals surface area contributed by atoms with Gasteiger partial charge in [-0.3, -0.25) is 0 Å². The van der Waals surface area contributed by atoms with Crippen LogP contribution in [-0.4, -0.2) is 22.6 Å². The second-order valence-corrected chi connectivity index (χ2v) is 6.70. The summed E-state index contributed by atoms with van der Waals surface area (Å²) in [4.78, 5) is -0.526. The van der Waals surface area contributed by atoms with E-state index in [0.29, 0.717) is 10.6 Å². The van der Waals surface area contributed by atoms with E-state index in [4.69, 9.17) is 21.1 Å². The number of rotatable bonds is 6. The zero-order valence-electron chi connectivity index (χ0n) is 12.5. The molecule has 0 radical (unpaired) electrons. The minimum Gasteiger partial charge on any atom is -0.493 e. The van der Waals surface area contributed by atoms with Gasteiger partial charge in [0, 0.05) is 23.7 Å². The number of methoxy groups -OCH3 is 2. The average Bonchev–Trinajstić information content (AvgIpc) is 2.53. The van der Waals surface area contributed by atoms with Gasteiger partial charge in [-0.05, 0) is 11.6 Å². The molecule has 0 saturated carbocycles. The van der Waals surface area contributed by atoms with E-state index in [0.717, 1.165) is 12.1 Å². The Bertz CT molecular complexity index is 811. The van der Waals surface area contributed by atoms with Gasteiger partial charge in [0.2, 0.25) is 10.0 Å². The van der Waals surface area contributed by atoms with Crippen molar-refractivity contribution in [1.82, 2.24) is 4.72 Å². The van der Waals surface area contributed by atoms with Crippen molar-refractivity contribution < 1.29 is 22.3 Å². The van der Waals surface area contributed by atoms with Gasteiger partial charge in [-0.2, -0.15) is 0 Å². The highest BCUT2D eigenvalue weighted by Crippen LogP contribution is 2.31. The predicted molar refractivity (Wildman–Crippen MR) is 85.0 cm³/mol. The predicted octanol–water partition coefficient (Wildman–Crippen LogP) is 2.97. The van der Waals surface area contributed by atoms with E-state index in [9.17, 15) is 12.8 Å². The summed E-state index contributed by atoms with van der Waals surface area (Å²) < 4.78 is 51.0. The molecule has 0 unspecified atom stereocenters. The van der Waals surface area contributed by atoms with E-state index < -0.39 is 20.7 Å². The molecule has 0 atom stereocenters. The second-order valence-electron chi connectivity index (χ2n) is 4.55. The molecule has 124 valence electrons. The van der Waals surface area contributed by atoms with Crippen LogP contribution in [0.4, 0.5) is 4.39 Å². The molecule has 2 rings (SSSR count). The third kappa shape index (κ3) is 3.93. The Morgan fingerprint density at radius 3 is 2.35 bits per heavy atom. The first-order valence-corrected chi connectivity index (χ1v) is 8.39. The minimum atomic E-state index is -4.08. The first-order valence-electron chi connectivity index (χ1n) is 6.53. The molecule has 0 bridgehead atoms. The Hall–Kier alpha value is -1.83. The van der Waals surface area contributed by atoms with Gasteiger partial charge in [-0.15, -0.1) is 0 Å². The van der Waals surface area contributed by atoms with Gasteiger partial charge in [-0.1, -0.05) is 29.8 Å². The van der Waals surface area contributed by atoms with Crippen LogP contribution in [0.5, 0.6) is 11.5 Å². The maximum atomic E-state index is 14.1. The molecule has 0 aliphatic heterocycles.